The molecular weight excluding hydrogens is 186 g/mol. The van der Waals surface area contributed by atoms with Gasteiger partial charge >= 0.3 is 5.69 Å². The first kappa shape index (κ1) is 10.2. The lowest BCUT2D eigenvalue weighted by Gasteiger charge is -2.04. The zero-order valence-electron chi connectivity index (χ0n) is 7.43. The van der Waals surface area contributed by atoms with Gasteiger partial charge in [-0.15, -0.1) is 0 Å². The molecule has 0 aromatic carbocycles. The van der Waals surface area contributed by atoms with Crippen molar-refractivity contribution in [3.8, 4) is 0 Å². The van der Waals surface area contributed by atoms with E-state index >= 15 is 0 Å². The highest BCUT2D eigenvalue weighted by atomic mass is 16.6. The Balaban J connectivity index is 3.28. The van der Waals surface area contributed by atoms with Gasteiger partial charge in [0.1, 0.15) is 5.82 Å². The molecule has 0 atom stereocenters. The van der Waals surface area contributed by atoms with E-state index in [2.05, 4.69) is 4.98 Å². The van der Waals surface area contributed by atoms with Crippen molar-refractivity contribution in [1.82, 2.24) is 4.98 Å². The molecule has 1 aromatic heterocycles. The van der Waals surface area contributed by atoms with Crippen molar-refractivity contribution in [2.24, 2.45) is 5.73 Å². The summed E-state index contributed by atoms with van der Waals surface area (Å²) in [5.74, 6) is -0.00463. The average molecular weight is 197 g/mol. The van der Waals surface area contributed by atoms with Crippen LogP contribution >= 0.6 is 0 Å². The number of nitrogens with zero attached hydrogens (tertiary/aromatic N) is 2. The Morgan fingerprint density at radius 3 is 2.64 bits per heavy atom. The molecule has 0 aliphatic rings. The molecule has 0 aliphatic carbocycles. The Labute approximate surface area is 80.1 Å². The SMILES string of the molecule is NCCc1cc(N)nc(N)c1[N+](=O)[O-]. The van der Waals surface area contributed by atoms with E-state index in [9.17, 15) is 10.1 Å². The highest BCUT2D eigenvalue weighted by Crippen LogP contribution is 2.26. The number of aromatic nitrogens is 1. The summed E-state index contributed by atoms with van der Waals surface area (Å²) in [6, 6.07) is 1.42. The molecule has 0 spiro atoms. The van der Waals surface area contributed by atoms with Gasteiger partial charge in [-0.2, -0.15) is 0 Å². The van der Waals surface area contributed by atoms with Gasteiger partial charge in [-0.05, 0) is 19.0 Å². The summed E-state index contributed by atoms with van der Waals surface area (Å²) >= 11 is 0. The van der Waals surface area contributed by atoms with E-state index < -0.39 is 4.92 Å². The van der Waals surface area contributed by atoms with Crippen LogP contribution in [-0.4, -0.2) is 16.5 Å². The van der Waals surface area contributed by atoms with Crippen molar-refractivity contribution in [3.63, 3.8) is 0 Å². The van der Waals surface area contributed by atoms with E-state index in [1.54, 1.807) is 0 Å². The highest BCUT2D eigenvalue weighted by Gasteiger charge is 2.19. The zero-order chi connectivity index (χ0) is 10.7. The van der Waals surface area contributed by atoms with Crippen molar-refractivity contribution in [1.29, 1.82) is 0 Å². The second kappa shape index (κ2) is 3.88. The maximum atomic E-state index is 10.6. The van der Waals surface area contributed by atoms with Crippen molar-refractivity contribution in [3.05, 3.63) is 21.7 Å². The summed E-state index contributed by atoms with van der Waals surface area (Å²) in [5.41, 5.74) is 16.3. The summed E-state index contributed by atoms with van der Waals surface area (Å²) in [6.45, 7) is 0.295. The van der Waals surface area contributed by atoms with Crippen molar-refractivity contribution >= 4 is 17.3 Å². The lowest BCUT2D eigenvalue weighted by Crippen LogP contribution is -2.09. The van der Waals surface area contributed by atoms with Gasteiger partial charge in [0, 0.05) is 5.56 Å². The molecule has 0 radical (unpaired) electrons. The van der Waals surface area contributed by atoms with Crippen molar-refractivity contribution in [2.75, 3.05) is 18.0 Å². The molecule has 0 bridgehead atoms. The third kappa shape index (κ3) is 1.88. The van der Waals surface area contributed by atoms with Gasteiger partial charge in [0.25, 0.3) is 0 Å². The standard InChI is InChI=1S/C7H11N5O2/c8-2-1-4-3-5(9)11-7(10)6(4)12(13)14/h3H,1-2,8H2,(H4,9,10,11). The number of pyridine rings is 1. The van der Waals surface area contributed by atoms with Crippen LogP contribution in [0.1, 0.15) is 5.56 Å². The Hall–Kier alpha value is -1.89. The van der Waals surface area contributed by atoms with Crippen molar-refractivity contribution in [2.45, 2.75) is 6.42 Å². The van der Waals surface area contributed by atoms with Crippen LogP contribution in [0.3, 0.4) is 0 Å². The molecule has 0 aliphatic heterocycles. The number of nitro groups is 1. The number of hydrogen-bond acceptors (Lipinski definition) is 6. The molecule has 0 amide bonds. The average Bonchev–Trinajstić information content (AvgIpc) is 2.01. The molecule has 6 N–H and O–H groups in total. The minimum Gasteiger partial charge on any atom is -0.384 e. The zero-order valence-corrected chi connectivity index (χ0v) is 7.43. The van der Waals surface area contributed by atoms with E-state index in [-0.39, 0.29) is 17.3 Å². The molecule has 7 nitrogen and oxygen atoms in total. The van der Waals surface area contributed by atoms with Gasteiger partial charge in [-0.3, -0.25) is 10.1 Å². The van der Waals surface area contributed by atoms with Gasteiger partial charge in [-0.25, -0.2) is 4.98 Å². The summed E-state index contributed by atoms with van der Waals surface area (Å²) in [4.78, 5) is 13.7. The minimum absolute atomic E-state index is 0.163. The van der Waals surface area contributed by atoms with Crippen LogP contribution in [0, 0.1) is 10.1 Å². The molecule has 0 unspecified atom stereocenters. The summed E-state index contributed by atoms with van der Waals surface area (Å²) in [6.07, 6.45) is 0.354. The summed E-state index contributed by atoms with van der Waals surface area (Å²) < 4.78 is 0. The van der Waals surface area contributed by atoms with Gasteiger partial charge < -0.3 is 17.2 Å². The second-order valence-electron chi connectivity index (χ2n) is 2.74. The largest absolute Gasteiger partial charge is 0.384 e. The lowest BCUT2D eigenvalue weighted by atomic mass is 10.1. The fourth-order valence-corrected chi connectivity index (χ4v) is 1.19. The third-order valence-electron chi connectivity index (χ3n) is 1.71. The van der Waals surface area contributed by atoms with Crippen LogP contribution in [0.15, 0.2) is 6.07 Å². The molecule has 0 fully saturated rings. The smallest absolute Gasteiger partial charge is 0.314 e. The molecular formula is C7H11N5O2. The van der Waals surface area contributed by atoms with E-state index in [1.807, 2.05) is 0 Å². The Bertz CT molecular complexity index is 365. The molecule has 1 aromatic rings. The number of hydrogen-bond donors (Lipinski definition) is 3. The van der Waals surface area contributed by atoms with Crippen LogP contribution in [-0.2, 0) is 6.42 Å². The third-order valence-corrected chi connectivity index (χ3v) is 1.71. The molecule has 1 rings (SSSR count). The molecule has 76 valence electrons. The van der Waals surface area contributed by atoms with E-state index in [1.165, 1.54) is 6.07 Å². The van der Waals surface area contributed by atoms with Crippen LogP contribution in [0.5, 0.6) is 0 Å². The Morgan fingerprint density at radius 1 is 1.50 bits per heavy atom. The molecule has 1 heterocycles. The molecule has 0 saturated carbocycles. The maximum absolute atomic E-state index is 10.6. The van der Waals surface area contributed by atoms with Crippen LogP contribution in [0.25, 0.3) is 0 Å². The summed E-state index contributed by atoms with van der Waals surface area (Å²) in [5, 5.41) is 10.6. The number of anilines is 2. The topological polar surface area (TPSA) is 134 Å². The first-order valence-electron chi connectivity index (χ1n) is 3.95. The monoisotopic (exact) mass is 197 g/mol. The van der Waals surface area contributed by atoms with Gasteiger partial charge in [0.05, 0.1) is 4.92 Å². The number of nitrogens with two attached hydrogens (primary N) is 3. The first-order valence-corrected chi connectivity index (χ1v) is 3.95. The quantitative estimate of drug-likeness (QED) is 0.448. The van der Waals surface area contributed by atoms with Crippen LogP contribution < -0.4 is 17.2 Å². The van der Waals surface area contributed by atoms with Gasteiger partial charge in [0.15, 0.2) is 0 Å². The summed E-state index contributed by atoms with van der Waals surface area (Å²) in [7, 11) is 0. The number of rotatable bonds is 3. The first-order chi connectivity index (χ1) is 6.56. The van der Waals surface area contributed by atoms with E-state index in [0.29, 0.717) is 18.5 Å². The predicted octanol–water partition coefficient (Wildman–Crippen LogP) is -0.345. The van der Waals surface area contributed by atoms with E-state index in [0.717, 1.165) is 0 Å². The predicted molar refractivity (Wildman–Crippen MR) is 52.5 cm³/mol. The second-order valence-corrected chi connectivity index (χ2v) is 2.74. The fourth-order valence-electron chi connectivity index (χ4n) is 1.19. The van der Waals surface area contributed by atoms with E-state index in [4.69, 9.17) is 17.2 Å². The molecule has 0 saturated heterocycles. The van der Waals surface area contributed by atoms with Crippen LogP contribution in [0.2, 0.25) is 0 Å². The Kier molecular flexibility index (Phi) is 2.82. The van der Waals surface area contributed by atoms with Gasteiger partial charge in [0.2, 0.25) is 5.82 Å². The Morgan fingerprint density at radius 2 is 2.14 bits per heavy atom. The fraction of sp³-hybridized carbons (Fsp3) is 0.286. The highest BCUT2D eigenvalue weighted by molar-refractivity contribution is 5.61. The minimum atomic E-state index is -0.577. The van der Waals surface area contributed by atoms with Gasteiger partial charge in [-0.1, -0.05) is 0 Å². The van der Waals surface area contributed by atoms with Crippen LogP contribution in [0.4, 0.5) is 17.3 Å². The molecule has 7 heteroatoms. The van der Waals surface area contributed by atoms with Crippen molar-refractivity contribution < 1.29 is 4.92 Å². The maximum Gasteiger partial charge on any atom is 0.314 e. The lowest BCUT2D eigenvalue weighted by molar-refractivity contribution is -0.384. The normalized spacial score (nSPS) is 10.1. The number of nitrogen functional groups attached to an aromatic ring is 2. The molecule has 14 heavy (non-hydrogen) atoms.